The van der Waals surface area contributed by atoms with Crippen molar-refractivity contribution in [3.05, 3.63) is 53.6 Å². The van der Waals surface area contributed by atoms with Crippen LogP contribution >= 0.6 is 0 Å². The SMILES string of the molecule is CCOc1cc(NC(=O)OCc2ccccc2)c(C(=O)O)cc1OCC. The van der Waals surface area contributed by atoms with E-state index in [2.05, 4.69) is 5.32 Å². The number of nitrogens with one attached hydrogen (secondary N) is 1. The first-order valence-electron chi connectivity index (χ1n) is 8.19. The predicted octanol–water partition coefficient (Wildman–Crippen LogP) is 3.93. The molecule has 26 heavy (non-hydrogen) atoms. The lowest BCUT2D eigenvalue weighted by atomic mass is 10.1. The summed E-state index contributed by atoms with van der Waals surface area (Å²) in [5.41, 5.74) is 0.777. The van der Waals surface area contributed by atoms with Crippen LogP contribution in [-0.2, 0) is 11.3 Å². The minimum atomic E-state index is -1.20. The Hall–Kier alpha value is -3.22. The van der Waals surface area contributed by atoms with Crippen molar-refractivity contribution < 1.29 is 28.9 Å². The highest BCUT2D eigenvalue weighted by Gasteiger charge is 2.19. The second kappa shape index (κ2) is 9.31. The molecule has 1 amide bonds. The third-order valence-corrected chi connectivity index (χ3v) is 3.36. The van der Waals surface area contributed by atoms with Crippen molar-refractivity contribution in [2.75, 3.05) is 18.5 Å². The summed E-state index contributed by atoms with van der Waals surface area (Å²) in [5.74, 6) is -0.556. The number of carbonyl (C=O) groups excluding carboxylic acids is 1. The first-order valence-corrected chi connectivity index (χ1v) is 8.19. The van der Waals surface area contributed by atoms with Crippen LogP contribution in [0.3, 0.4) is 0 Å². The highest BCUT2D eigenvalue weighted by Crippen LogP contribution is 2.34. The van der Waals surface area contributed by atoms with Gasteiger partial charge in [-0.05, 0) is 19.4 Å². The Morgan fingerprint density at radius 1 is 1.00 bits per heavy atom. The number of benzene rings is 2. The molecule has 7 heteroatoms. The Labute approximate surface area is 151 Å². The Morgan fingerprint density at radius 2 is 1.62 bits per heavy atom. The fourth-order valence-electron chi connectivity index (χ4n) is 2.25. The van der Waals surface area contributed by atoms with Crippen molar-refractivity contribution in [2.24, 2.45) is 0 Å². The summed E-state index contributed by atoms with van der Waals surface area (Å²) >= 11 is 0. The first-order chi connectivity index (χ1) is 12.5. The average molecular weight is 359 g/mol. The molecule has 2 aromatic rings. The van der Waals surface area contributed by atoms with Gasteiger partial charge in [0.2, 0.25) is 0 Å². The minimum Gasteiger partial charge on any atom is -0.490 e. The molecule has 0 aliphatic carbocycles. The van der Waals surface area contributed by atoms with E-state index in [9.17, 15) is 14.7 Å². The van der Waals surface area contributed by atoms with Crippen LogP contribution in [0.1, 0.15) is 29.8 Å². The Kier molecular flexibility index (Phi) is 6.84. The van der Waals surface area contributed by atoms with E-state index in [1.165, 1.54) is 12.1 Å². The molecule has 2 N–H and O–H groups in total. The van der Waals surface area contributed by atoms with Crippen LogP contribution in [-0.4, -0.2) is 30.4 Å². The van der Waals surface area contributed by atoms with Gasteiger partial charge in [0.15, 0.2) is 11.5 Å². The Morgan fingerprint density at radius 3 is 2.19 bits per heavy atom. The first kappa shape index (κ1) is 19.1. The van der Waals surface area contributed by atoms with Crippen LogP contribution in [0.5, 0.6) is 11.5 Å². The fraction of sp³-hybridized carbons (Fsp3) is 0.263. The van der Waals surface area contributed by atoms with E-state index in [1.807, 2.05) is 30.3 Å². The standard InChI is InChI=1S/C19H21NO6/c1-3-24-16-10-14(18(21)22)15(11-17(16)25-4-2)20-19(23)26-12-13-8-6-5-7-9-13/h5-11H,3-4,12H2,1-2H3,(H,20,23)(H,21,22). The number of hydrogen-bond donors (Lipinski definition) is 2. The number of anilines is 1. The number of ether oxygens (including phenoxy) is 3. The molecule has 2 rings (SSSR count). The van der Waals surface area contributed by atoms with E-state index in [1.54, 1.807) is 13.8 Å². The zero-order valence-electron chi connectivity index (χ0n) is 14.7. The van der Waals surface area contributed by atoms with Gasteiger partial charge < -0.3 is 19.3 Å². The summed E-state index contributed by atoms with van der Waals surface area (Å²) < 4.78 is 16.0. The lowest BCUT2D eigenvalue weighted by Gasteiger charge is -2.15. The number of carboxylic acid groups (broad SMARTS) is 1. The van der Waals surface area contributed by atoms with Gasteiger partial charge in [0.05, 0.1) is 24.5 Å². The van der Waals surface area contributed by atoms with E-state index in [0.29, 0.717) is 24.7 Å². The Bertz CT molecular complexity index is 760. The molecule has 0 radical (unpaired) electrons. The lowest BCUT2D eigenvalue weighted by Crippen LogP contribution is -2.16. The van der Waals surface area contributed by atoms with Crippen molar-refractivity contribution in [2.45, 2.75) is 20.5 Å². The topological polar surface area (TPSA) is 94.1 Å². The molecule has 0 heterocycles. The summed E-state index contributed by atoms with van der Waals surface area (Å²) in [5, 5.41) is 11.9. The van der Waals surface area contributed by atoms with Gasteiger partial charge in [0, 0.05) is 12.1 Å². The zero-order chi connectivity index (χ0) is 18.9. The third-order valence-electron chi connectivity index (χ3n) is 3.36. The molecule has 138 valence electrons. The molecule has 0 aliphatic rings. The number of aromatic carboxylic acids is 1. The molecule has 0 spiro atoms. The molecule has 2 aromatic carbocycles. The maximum absolute atomic E-state index is 12.0. The summed E-state index contributed by atoms with van der Waals surface area (Å²) in [6, 6.07) is 11.9. The molecule has 0 unspecified atom stereocenters. The largest absolute Gasteiger partial charge is 0.490 e. The van der Waals surface area contributed by atoms with Gasteiger partial charge in [-0.3, -0.25) is 5.32 Å². The van der Waals surface area contributed by atoms with E-state index < -0.39 is 12.1 Å². The number of hydrogen-bond acceptors (Lipinski definition) is 5. The fourth-order valence-corrected chi connectivity index (χ4v) is 2.25. The van der Waals surface area contributed by atoms with Crippen molar-refractivity contribution in [3.8, 4) is 11.5 Å². The molecule has 0 saturated heterocycles. The highest BCUT2D eigenvalue weighted by atomic mass is 16.5. The summed E-state index contributed by atoms with van der Waals surface area (Å²) in [7, 11) is 0. The molecule has 0 bridgehead atoms. The van der Waals surface area contributed by atoms with Crippen molar-refractivity contribution >= 4 is 17.7 Å². The van der Waals surface area contributed by atoms with Crippen molar-refractivity contribution in [1.82, 2.24) is 0 Å². The molecule has 7 nitrogen and oxygen atoms in total. The van der Waals surface area contributed by atoms with E-state index in [-0.39, 0.29) is 17.9 Å². The highest BCUT2D eigenvalue weighted by molar-refractivity contribution is 5.99. The van der Waals surface area contributed by atoms with E-state index in [4.69, 9.17) is 14.2 Å². The van der Waals surface area contributed by atoms with Crippen LogP contribution in [0.4, 0.5) is 10.5 Å². The number of carboxylic acids is 1. The number of amides is 1. The average Bonchev–Trinajstić information content (AvgIpc) is 2.63. The second-order valence-electron chi connectivity index (χ2n) is 5.20. The van der Waals surface area contributed by atoms with Gasteiger partial charge in [-0.25, -0.2) is 9.59 Å². The maximum Gasteiger partial charge on any atom is 0.411 e. The minimum absolute atomic E-state index is 0.0717. The van der Waals surface area contributed by atoms with Crippen LogP contribution in [0.2, 0.25) is 0 Å². The molecule has 0 fully saturated rings. The third kappa shape index (κ3) is 5.14. The number of carbonyl (C=O) groups is 2. The van der Waals surface area contributed by atoms with Crippen LogP contribution in [0.25, 0.3) is 0 Å². The smallest absolute Gasteiger partial charge is 0.411 e. The van der Waals surface area contributed by atoms with Gasteiger partial charge >= 0.3 is 12.1 Å². The van der Waals surface area contributed by atoms with Gasteiger partial charge in [0.1, 0.15) is 6.61 Å². The van der Waals surface area contributed by atoms with Crippen LogP contribution in [0, 0.1) is 0 Å². The molecular weight excluding hydrogens is 338 g/mol. The summed E-state index contributed by atoms with van der Waals surface area (Å²) in [6.07, 6.45) is -0.761. The van der Waals surface area contributed by atoms with Gasteiger partial charge in [-0.15, -0.1) is 0 Å². The molecular formula is C19H21NO6. The van der Waals surface area contributed by atoms with Gasteiger partial charge in [0.25, 0.3) is 0 Å². The normalized spacial score (nSPS) is 10.1. The Balaban J connectivity index is 2.18. The molecule has 0 atom stereocenters. The van der Waals surface area contributed by atoms with Gasteiger partial charge in [-0.2, -0.15) is 0 Å². The van der Waals surface area contributed by atoms with E-state index in [0.717, 1.165) is 5.56 Å². The second-order valence-corrected chi connectivity index (χ2v) is 5.20. The zero-order valence-corrected chi connectivity index (χ0v) is 14.7. The summed E-state index contributed by atoms with van der Waals surface area (Å²) in [4.78, 5) is 23.6. The van der Waals surface area contributed by atoms with Crippen LogP contribution in [0.15, 0.2) is 42.5 Å². The monoisotopic (exact) mass is 359 g/mol. The van der Waals surface area contributed by atoms with E-state index >= 15 is 0 Å². The molecule has 0 aliphatic heterocycles. The number of rotatable bonds is 8. The van der Waals surface area contributed by atoms with Crippen molar-refractivity contribution in [1.29, 1.82) is 0 Å². The van der Waals surface area contributed by atoms with Gasteiger partial charge in [-0.1, -0.05) is 30.3 Å². The predicted molar refractivity (Wildman–Crippen MR) is 96.0 cm³/mol. The lowest BCUT2D eigenvalue weighted by molar-refractivity contribution is 0.0697. The van der Waals surface area contributed by atoms with Crippen LogP contribution < -0.4 is 14.8 Å². The maximum atomic E-state index is 12.0. The summed E-state index contributed by atoms with van der Waals surface area (Å²) in [6.45, 7) is 4.37. The molecule has 0 saturated carbocycles. The van der Waals surface area contributed by atoms with Crippen molar-refractivity contribution in [3.63, 3.8) is 0 Å². The molecule has 0 aromatic heterocycles. The quantitative estimate of drug-likeness (QED) is 0.742.